The smallest absolute Gasteiger partial charge is 0.159 e. The van der Waals surface area contributed by atoms with Crippen molar-refractivity contribution in [3.63, 3.8) is 0 Å². The number of ketones is 1. The van der Waals surface area contributed by atoms with Crippen LogP contribution in [0.4, 0.5) is 0 Å². The van der Waals surface area contributed by atoms with Crippen molar-refractivity contribution in [1.82, 2.24) is 18.9 Å². The van der Waals surface area contributed by atoms with Crippen molar-refractivity contribution in [2.75, 3.05) is 34.4 Å². The summed E-state index contributed by atoms with van der Waals surface area (Å²) >= 11 is 0. The summed E-state index contributed by atoms with van der Waals surface area (Å²) in [5.41, 5.74) is 12.0. The average Bonchev–Trinajstić information content (AvgIpc) is 3.56. The minimum absolute atomic E-state index is 0.141. The molecule has 266 valence electrons. The van der Waals surface area contributed by atoms with Crippen LogP contribution in [0, 0.1) is 23.7 Å². The van der Waals surface area contributed by atoms with Crippen LogP contribution in [0.2, 0.25) is 0 Å². The van der Waals surface area contributed by atoms with Crippen LogP contribution in [0.25, 0.3) is 21.8 Å². The molecule has 4 aromatic rings. The molecule has 51 heavy (non-hydrogen) atoms. The highest BCUT2D eigenvalue weighted by atomic mass is 16.5. The number of aromatic nitrogens is 2. The molecular formula is C43H50N4O4. The molecule has 2 aromatic heterocycles. The topological polar surface area (TPSA) is 61.1 Å². The highest BCUT2D eigenvalue weighted by Crippen LogP contribution is 2.55. The summed E-state index contributed by atoms with van der Waals surface area (Å²) in [4.78, 5) is 17.9. The predicted molar refractivity (Wildman–Crippen MR) is 199 cm³/mol. The van der Waals surface area contributed by atoms with Gasteiger partial charge in [-0.25, -0.2) is 0 Å². The number of likely N-dealkylation sites (N-methyl/N-ethyl adjacent to an activating group) is 2. The first-order chi connectivity index (χ1) is 24.7. The summed E-state index contributed by atoms with van der Waals surface area (Å²) in [5.74, 6) is 2.66. The standard InChI is InChI=1S/C43H50N4O4/c1-22(31-18-50-20-33-26(31)13-39-42-29(15-36(33)44(39)3)24-10-8-9-11-35(24)46(42)5)25-12-28-30-16-37-34-21-51-19-32(23(2)48)27(34)14-40(45(37)4)43(30)47(6)38(28)17-41(25)49-7/h8-12,17-19,22,26-27,33-34,36-37,39-40H,13-16,20-21H2,1-7H3. The highest BCUT2D eigenvalue weighted by molar-refractivity contribution is 5.94. The van der Waals surface area contributed by atoms with E-state index in [1.807, 2.05) is 7.11 Å². The number of benzene rings is 2. The van der Waals surface area contributed by atoms with Crippen LogP contribution in [-0.4, -0.2) is 71.2 Å². The van der Waals surface area contributed by atoms with Gasteiger partial charge in [0, 0.05) is 88.8 Å². The van der Waals surface area contributed by atoms with Gasteiger partial charge in [0.2, 0.25) is 0 Å². The summed E-state index contributed by atoms with van der Waals surface area (Å²) in [6.45, 7) is 5.51. The lowest BCUT2D eigenvalue weighted by atomic mass is 9.65. The number of nitrogens with zero attached hydrogens (tertiary/aromatic N) is 4. The Kier molecular flexibility index (Phi) is 6.99. The van der Waals surface area contributed by atoms with Gasteiger partial charge in [-0.1, -0.05) is 25.1 Å². The first-order valence-corrected chi connectivity index (χ1v) is 19.0. The van der Waals surface area contributed by atoms with E-state index in [9.17, 15) is 4.79 Å². The van der Waals surface area contributed by atoms with Crippen molar-refractivity contribution in [1.29, 1.82) is 0 Å². The Morgan fingerprint density at radius 3 is 2.10 bits per heavy atom. The average molecular weight is 687 g/mol. The molecule has 2 aromatic carbocycles. The number of carbonyl (C=O) groups is 1. The van der Waals surface area contributed by atoms with Gasteiger partial charge in [-0.05, 0) is 87.4 Å². The van der Waals surface area contributed by atoms with Gasteiger partial charge in [-0.3, -0.25) is 14.6 Å². The third kappa shape index (κ3) is 4.23. The maximum absolute atomic E-state index is 12.7. The molecular weight excluding hydrogens is 636 g/mol. The number of aryl methyl sites for hydroxylation is 2. The van der Waals surface area contributed by atoms with Crippen molar-refractivity contribution < 1.29 is 19.0 Å². The van der Waals surface area contributed by atoms with Crippen molar-refractivity contribution in [2.45, 2.75) is 69.6 Å². The molecule has 10 rings (SSSR count). The molecule has 0 amide bonds. The molecule has 0 saturated carbocycles. The third-order valence-corrected chi connectivity index (χ3v) is 14.6. The Morgan fingerprint density at radius 2 is 1.41 bits per heavy atom. The number of Topliss-reactive ketones (excluding diaryl/α,β-unsaturated/α-hetero) is 1. The van der Waals surface area contributed by atoms with Crippen LogP contribution >= 0.6 is 0 Å². The van der Waals surface area contributed by atoms with Crippen LogP contribution in [0.3, 0.4) is 0 Å². The van der Waals surface area contributed by atoms with E-state index in [1.54, 1.807) is 18.7 Å². The van der Waals surface area contributed by atoms with E-state index in [-0.39, 0.29) is 23.7 Å². The van der Waals surface area contributed by atoms with Gasteiger partial charge >= 0.3 is 0 Å². The van der Waals surface area contributed by atoms with Gasteiger partial charge < -0.3 is 23.3 Å². The SMILES string of the molecule is COc1cc2c(cc1C(C)C1=COCC3C1CC1c4c(c5ccccc5n4C)CC3N1C)c1c(n2C)C2CC3C(C(C)=O)=COCC3C(C1)N2C. The summed E-state index contributed by atoms with van der Waals surface area (Å²) in [7, 11) is 10.9. The second-order valence-corrected chi connectivity index (χ2v) is 16.5. The minimum atomic E-state index is 0.141. The molecule has 6 aliphatic rings. The highest BCUT2D eigenvalue weighted by Gasteiger charge is 2.52. The first-order valence-electron chi connectivity index (χ1n) is 19.0. The number of allylic oxidation sites excluding steroid dienone is 2. The summed E-state index contributed by atoms with van der Waals surface area (Å²) in [6.07, 6.45) is 7.91. The fourth-order valence-electron chi connectivity index (χ4n) is 12.1. The number of ether oxygens (including phenoxy) is 3. The van der Waals surface area contributed by atoms with E-state index in [4.69, 9.17) is 14.2 Å². The van der Waals surface area contributed by atoms with E-state index in [0.717, 1.165) is 43.6 Å². The number of methoxy groups -OCH3 is 1. The second kappa shape index (κ2) is 11.2. The molecule has 9 unspecified atom stereocenters. The van der Waals surface area contributed by atoms with E-state index >= 15 is 0 Å². The Labute approximate surface area is 300 Å². The Morgan fingerprint density at radius 1 is 0.804 bits per heavy atom. The Balaban J connectivity index is 1.04. The maximum atomic E-state index is 12.7. The van der Waals surface area contributed by atoms with Crippen molar-refractivity contribution >= 4 is 27.6 Å². The number of rotatable bonds is 4. The summed E-state index contributed by atoms with van der Waals surface area (Å²) < 4.78 is 23.5. The molecule has 8 heterocycles. The monoisotopic (exact) mass is 686 g/mol. The zero-order valence-corrected chi connectivity index (χ0v) is 31.0. The third-order valence-electron chi connectivity index (χ3n) is 14.6. The van der Waals surface area contributed by atoms with Crippen LogP contribution in [0.15, 0.2) is 60.1 Å². The molecule has 9 atom stereocenters. The fourth-order valence-corrected chi connectivity index (χ4v) is 12.1. The minimum Gasteiger partial charge on any atom is -0.501 e. The molecule has 6 aliphatic heterocycles. The molecule has 0 aliphatic carbocycles. The van der Waals surface area contributed by atoms with Gasteiger partial charge in [-0.2, -0.15) is 0 Å². The first kappa shape index (κ1) is 31.7. The van der Waals surface area contributed by atoms with Gasteiger partial charge in [0.25, 0.3) is 0 Å². The van der Waals surface area contributed by atoms with E-state index in [2.05, 4.69) is 96.7 Å². The molecule has 8 heteroatoms. The van der Waals surface area contributed by atoms with Crippen LogP contribution < -0.4 is 4.74 Å². The lowest BCUT2D eigenvalue weighted by Gasteiger charge is -2.53. The van der Waals surface area contributed by atoms with Crippen molar-refractivity contribution in [2.24, 2.45) is 37.8 Å². The van der Waals surface area contributed by atoms with E-state index in [1.165, 1.54) is 49.9 Å². The summed E-state index contributed by atoms with van der Waals surface area (Å²) in [5, 5.41) is 2.75. The van der Waals surface area contributed by atoms with E-state index < -0.39 is 0 Å². The van der Waals surface area contributed by atoms with E-state index in [0.29, 0.717) is 42.5 Å². The largest absolute Gasteiger partial charge is 0.501 e. The Bertz CT molecular complexity index is 2190. The molecule has 2 saturated heterocycles. The zero-order chi connectivity index (χ0) is 35.0. The van der Waals surface area contributed by atoms with Crippen molar-refractivity contribution in [3.05, 3.63) is 88.1 Å². The number of hydrogen-bond donors (Lipinski definition) is 0. The predicted octanol–water partition coefficient (Wildman–Crippen LogP) is 6.97. The fraction of sp³-hybridized carbons (Fsp3) is 0.512. The van der Waals surface area contributed by atoms with Crippen LogP contribution in [-0.2, 0) is 41.2 Å². The normalized spacial score (nSPS) is 31.7. The number of hydrogen-bond acceptors (Lipinski definition) is 6. The Hall–Kier alpha value is -4.01. The molecule has 2 fully saturated rings. The number of para-hydroxylation sites is 1. The van der Waals surface area contributed by atoms with Crippen LogP contribution in [0.5, 0.6) is 5.75 Å². The van der Waals surface area contributed by atoms with Gasteiger partial charge in [0.05, 0.1) is 50.4 Å². The molecule has 0 N–H and O–H groups in total. The quantitative estimate of drug-likeness (QED) is 0.231. The van der Waals surface area contributed by atoms with Crippen LogP contribution in [0.1, 0.15) is 72.8 Å². The molecule has 0 spiro atoms. The second-order valence-electron chi connectivity index (χ2n) is 16.5. The lowest BCUT2D eigenvalue weighted by Crippen LogP contribution is -2.55. The molecule has 0 radical (unpaired) electrons. The molecule has 8 nitrogen and oxygen atoms in total. The molecule has 4 bridgehead atoms. The van der Waals surface area contributed by atoms with Gasteiger partial charge in [0.1, 0.15) is 5.75 Å². The zero-order valence-electron chi connectivity index (χ0n) is 31.0. The maximum Gasteiger partial charge on any atom is 0.159 e. The summed E-state index contributed by atoms with van der Waals surface area (Å²) in [6, 6.07) is 15.1. The van der Waals surface area contributed by atoms with Crippen molar-refractivity contribution in [3.8, 4) is 5.75 Å². The lowest BCUT2D eigenvalue weighted by molar-refractivity contribution is -0.116. The number of carbonyl (C=O) groups excluding carboxylic acids is 1. The number of fused-ring (bicyclic) bond motifs is 16. The number of piperidine rings is 2. The van der Waals surface area contributed by atoms with Gasteiger partial charge in [-0.15, -0.1) is 0 Å². The van der Waals surface area contributed by atoms with Gasteiger partial charge in [0.15, 0.2) is 5.78 Å².